The number of carbonyl (C=O) groups excluding carboxylic acids is 1. The predicted molar refractivity (Wildman–Crippen MR) is 80.0 cm³/mol. The number of halogens is 2. The standard InChI is InChI=1S/C14H12Cl2N2O/c1-8-4-9(6-11(16)5-8)14(19)18-13-7-10(15)2-3-12(13)17/h2-7H,17H2,1H3,(H,18,19). The normalized spacial score (nSPS) is 10.3. The van der Waals surface area contributed by atoms with Crippen molar-refractivity contribution < 1.29 is 4.79 Å². The monoisotopic (exact) mass is 294 g/mol. The third kappa shape index (κ3) is 3.40. The van der Waals surface area contributed by atoms with Gasteiger partial charge in [-0.15, -0.1) is 0 Å². The van der Waals surface area contributed by atoms with Crippen molar-refractivity contribution in [2.75, 3.05) is 11.1 Å². The van der Waals surface area contributed by atoms with Crippen molar-refractivity contribution in [3.63, 3.8) is 0 Å². The molecule has 0 spiro atoms. The first-order valence-corrected chi connectivity index (χ1v) is 6.35. The molecule has 1 amide bonds. The molecule has 0 aromatic heterocycles. The summed E-state index contributed by atoms with van der Waals surface area (Å²) in [6, 6.07) is 10.0. The van der Waals surface area contributed by atoms with Gasteiger partial charge in [-0.1, -0.05) is 23.2 Å². The summed E-state index contributed by atoms with van der Waals surface area (Å²) in [6.45, 7) is 1.87. The highest BCUT2D eigenvalue weighted by molar-refractivity contribution is 6.31. The molecular weight excluding hydrogens is 283 g/mol. The minimum atomic E-state index is -0.278. The highest BCUT2D eigenvalue weighted by atomic mass is 35.5. The maximum atomic E-state index is 12.1. The van der Waals surface area contributed by atoms with Crippen molar-refractivity contribution in [3.8, 4) is 0 Å². The van der Waals surface area contributed by atoms with Gasteiger partial charge in [0.15, 0.2) is 0 Å². The maximum Gasteiger partial charge on any atom is 0.255 e. The van der Waals surface area contributed by atoms with E-state index in [0.717, 1.165) is 5.56 Å². The lowest BCUT2D eigenvalue weighted by Crippen LogP contribution is -2.13. The number of hydrogen-bond acceptors (Lipinski definition) is 2. The van der Waals surface area contributed by atoms with Crippen molar-refractivity contribution >= 4 is 40.5 Å². The van der Waals surface area contributed by atoms with E-state index in [0.29, 0.717) is 27.0 Å². The summed E-state index contributed by atoms with van der Waals surface area (Å²) in [5, 5.41) is 3.74. The second-order valence-electron chi connectivity index (χ2n) is 4.20. The van der Waals surface area contributed by atoms with Gasteiger partial charge < -0.3 is 11.1 Å². The number of anilines is 2. The molecule has 5 heteroatoms. The number of carbonyl (C=O) groups is 1. The molecule has 0 saturated carbocycles. The summed E-state index contributed by atoms with van der Waals surface area (Å²) < 4.78 is 0. The molecule has 0 unspecified atom stereocenters. The van der Waals surface area contributed by atoms with Gasteiger partial charge >= 0.3 is 0 Å². The number of nitrogens with two attached hydrogens (primary N) is 1. The minimum Gasteiger partial charge on any atom is -0.397 e. The van der Waals surface area contributed by atoms with Crippen LogP contribution in [0.3, 0.4) is 0 Å². The summed E-state index contributed by atoms with van der Waals surface area (Å²) in [4.78, 5) is 12.1. The second-order valence-corrected chi connectivity index (χ2v) is 5.08. The molecule has 0 bridgehead atoms. The Morgan fingerprint density at radius 3 is 2.53 bits per heavy atom. The lowest BCUT2D eigenvalue weighted by molar-refractivity contribution is 0.102. The zero-order chi connectivity index (χ0) is 14.0. The Bertz CT molecular complexity index is 621. The molecule has 2 aromatic rings. The first-order valence-electron chi connectivity index (χ1n) is 5.59. The van der Waals surface area contributed by atoms with E-state index in [9.17, 15) is 4.79 Å². The Morgan fingerprint density at radius 2 is 1.84 bits per heavy atom. The molecule has 0 saturated heterocycles. The average molecular weight is 295 g/mol. The van der Waals surface area contributed by atoms with Crippen LogP contribution in [0.4, 0.5) is 11.4 Å². The Kier molecular flexibility index (Phi) is 3.98. The predicted octanol–water partition coefficient (Wildman–Crippen LogP) is 4.14. The fraction of sp³-hybridized carbons (Fsp3) is 0.0714. The van der Waals surface area contributed by atoms with Gasteiger partial charge in [0.25, 0.3) is 5.91 Å². The van der Waals surface area contributed by atoms with E-state index in [1.54, 1.807) is 36.4 Å². The van der Waals surface area contributed by atoms with E-state index < -0.39 is 0 Å². The molecule has 2 aromatic carbocycles. The van der Waals surface area contributed by atoms with Crippen molar-refractivity contribution in [1.29, 1.82) is 0 Å². The van der Waals surface area contributed by atoms with Crippen LogP contribution < -0.4 is 11.1 Å². The molecule has 0 radical (unpaired) electrons. The lowest BCUT2D eigenvalue weighted by Gasteiger charge is -2.09. The molecule has 2 rings (SSSR count). The molecule has 0 aliphatic rings. The molecule has 0 heterocycles. The van der Waals surface area contributed by atoms with Crippen molar-refractivity contribution in [3.05, 3.63) is 57.6 Å². The number of benzene rings is 2. The van der Waals surface area contributed by atoms with E-state index in [1.165, 1.54) is 0 Å². The summed E-state index contributed by atoms with van der Waals surface area (Å²) in [5.74, 6) is -0.278. The van der Waals surface area contributed by atoms with Crippen molar-refractivity contribution in [2.45, 2.75) is 6.92 Å². The fourth-order valence-electron chi connectivity index (χ4n) is 1.70. The van der Waals surface area contributed by atoms with Gasteiger partial charge in [-0.3, -0.25) is 4.79 Å². The van der Waals surface area contributed by atoms with Crippen LogP contribution in [0.25, 0.3) is 0 Å². The van der Waals surface area contributed by atoms with Crippen LogP contribution in [-0.2, 0) is 0 Å². The van der Waals surface area contributed by atoms with Gasteiger partial charge in [0.1, 0.15) is 0 Å². The molecule has 0 atom stereocenters. The third-order valence-electron chi connectivity index (χ3n) is 2.57. The topological polar surface area (TPSA) is 55.1 Å². The number of amides is 1. The number of nitrogens with one attached hydrogen (secondary N) is 1. The van der Waals surface area contributed by atoms with Crippen LogP contribution in [0.2, 0.25) is 10.0 Å². The Labute approximate surface area is 121 Å². The zero-order valence-electron chi connectivity index (χ0n) is 10.2. The number of aryl methyl sites for hydroxylation is 1. The molecular formula is C14H12Cl2N2O. The highest BCUT2D eigenvalue weighted by Gasteiger charge is 2.09. The van der Waals surface area contributed by atoms with Gasteiger partial charge in [0.05, 0.1) is 11.4 Å². The van der Waals surface area contributed by atoms with Crippen LogP contribution in [0.15, 0.2) is 36.4 Å². The maximum absolute atomic E-state index is 12.1. The fourth-order valence-corrected chi connectivity index (χ4v) is 2.16. The molecule has 0 aliphatic carbocycles. The Balaban J connectivity index is 2.28. The third-order valence-corrected chi connectivity index (χ3v) is 3.02. The number of nitrogen functional groups attached to an aromatic ring is 1. The minimum absolute atomic E-state index is 0.278. The van der Waals surface area contributed by atoms with Crippen molar-refractivity contribution in [2.24, 2.45) is 0 Å². The van der Waals surface area contributed by atoms with Gasteiger partial charge in [-0.25, -0.2) is 0 Å². The average Bonchev–Trinajstić information content (AvgIpc) is 2.32. The first-order chi connectivity index (χ1) is 8.95. The lowest BCUT2D eigenvalue weighted by atomic mass is 10.1. The van der Waals surface area contributed by atoms with Gasteiger partial charge in [0.2, 0.25) is 0 Å². The van der Waals surface area contributed by atoms with Crippen molar-refractivity contribution in [1.82, 2.24) is 0 Å². The van der Waals surface area contributed by atoms with Crippen LogP contribution in [0, 0.1) is 6.92 Å². The summed E-state index contributed by atoms with van der Waals surface area (Å²) in [5.41, 5.74) is 8.10. The van der Waals surface area contributed by atoms with Crippen LogP contribution in [0.1, 0.15) is 15.9 Å². The second kappa shape index (κ2) is 5.51. The summed E-state index contributed by atoms with van der Waals surface area (Å²) >= 11 is 11.8. The summed E-state index contributed by atoms with van der Waals surface area (Å²) in [6.07, 6.45) is 0. The summed E-state index contributed by atoms with van der Waals surface area (Å²) in [7, 11) is 0. The Morgan fingerprint density at radius 1 is 1.11 bits per heavy atom. The van der Waals surface area contributed by atoms with Crippen LogP contribution in [-0.4, -0.2) is 5.91 Å². The Hall–Kier alpha value is -1.71. The van der Waals surface area contributed by atoms with Gasteiger partial charge in [-0.05, 0) is 48.9 Å². The van der Waals surface area contributed by atoms with Gasteiger partial charge in [0, 0.05) is 15.6 Å². The largest absolute Gasteiger partial charge is 0.397 e. The van der Waals surface area contributed by atoms with E-state index >= 15 is 0 Å². The molecule has 98 valence electrons. The van der Waals surface area contributed by atoms with E-state index in [-0.39, 0.29) is 5.91 Å². The molecule has 3 nitrogen and oxygen atoms in total. The van der Waals surface area contributed by atoms with E-state index in [1.807, 2.05) is 6.92 Å². The van der Waals surface area contributed by atoms with E-state index in [4.69, 9.17) is 28.9 Å². The first kappa shape index (κ1) is 13.7. The van der Waals surface area contributed by atoms with Crippen LogP contribution in [0.5, 0.6) is 0 Å². The van der Waals surface area contributed by atoms with E-state index in [2.05, 4.69) is 5.32 Å². The molecule has 3 N–H and O–H groups in total. The zero-order valence-corrected chi connectivity index (χ0v) is 11.7. The quantitative estimate of drug-likeness (QED) is 0.818. The van der Waals surface area contributed by atoms with Gasteiger partial charge in [-0.2, -0.15) is 0 Å². The molecule has 0 fully saturated rings. The SMILES string of the molecule is Cc1cc(Cl)cc(C(=O)Nc2cc(Cl)ccc2N)c1. The smallest absolute Gasteiger partial charge is 0.255 e. The number of hydrogen-bond donors (Lipinski definition) is 2. The molecule has 0 aliphatic heterocycles. The van der Waals surface area contributed by atoms with Crippen LogP contribution >= 0.6 is 23.2 Å². The highest BCUT2D eigenvalue weighted by Crippen LogP contribution is 2.24. The number of rotatable bonds is 2. The molecule has 19 heavy (non-hydrogen) atoms.